The summed E-state index contributed by atoms with van der Waals surface area (Å²) in [7, 11) is 0. The first kappa shape index (κ1) is 15.1. The zero-order chi connectivity index (χ0) is 15.6. The number of halogens is 4. The quantitative estimate of drug-likeness (QED) is 0.939. The molecule has 6 nitrogen and oxygen atoms in total. The lowest BCUT2D eigenvalue weighted by Gasteiger charge is -2.09. The summed E-state index contributed by atoms with van der Waals surface area (Å²) in [5.41, 5.74) is 0.0440. The lowest BCUT2D eigenvalue weighted by molar-refractivity contribution is -0.274. The first-order valence-electron chi connectivity index (χ1n) is 5.41. The number of rotatable bonds is 3. The number of nitrogens with one attached hydrogen (secondary N) is 1. The largest absolute Gasteiger partial charge is 0.573 e. The Labute approximate surface area is 120 Å². The zero-order valence-electron chi connectivity index (χ0n) is 10.4. The third-order valence-electron chi connectivity index (χ3n) is 2.11. The van der Waals surface area contributed by atoms with Crippen LogP contribution in [0.2, 0.25) is 5.02 Å². The summed E-state index contributed by atoms with van der Waals surface area (Å²) in [5, 5.41) is 9.41. The van der Waals surface area contributed by atoms with Gasteiger partial charge in [-0.05, 0) is 18.2 Å². The average Bonchev–Trinajstić information content (AvgIpc) is 2.77. The third-order valence-corrected chi connectivity index (χ3v) is 2.44. The van der Waals surface area contributed by atoms with Crippen LogP contribution in [0.15, 0.2) is 22.6 Å². The van der Waals surface area contributed by atoms with E-state index in [0.717, 1.165) is 12.1 Å². The molecule has 21 heavy (non-hydrogen) atoms. The SMILES string of the molecule is CC(=O)Nc1nnc(-c2cc(OC(F)(F)F)ccc2Cl)o1. The van der Waals surface area contributed by atoms with E-state index in [1.165, 1.54) is 13.0 Å². The van der Waals surface area contributed by atoms with Gasteiger partial charge in [-0.3, -0.25) is 10.1 Å². The molecule has 0 aliphatic carbocycles. The van der Waals surface area contributed by atoms with Crippen LogP contribution in [-0.4, -0.2) is 22.5 Å². The van der Waals surface area contributed by atoms with Crippen molar-refractivity contribution in [1.82, 2.24) is 10.2 Å². The molecule has 1 aromatic carbocycles. The van der Waals surface area contributed by atoms with E-state index in [1.807, 2.05) is 0 Å². The number of aromatic nitrogens is 2. The minimum atomic E-state index is -4.83. The predicted octanol–water partition coefficient (Wildman–Crippen LogP) is 3.25. The average molecular weight is 322 g/mol. The van der Waals surface area contributed by atoms with Crippen molar-refractivity contribution < 1.29 is 27.1 Å². The summed E-state index contributed by atoms with van der Waals surface area (Å²) in [6.45, 7) is 1.23. The Morgan fingerprint density at radius 2 is 2.10 bits per heavy atom. The van der Waals surface area contributed by atoms with Crippen molar-refractivity contribution in [3.8, 4) is 17.2 Å². The van der Waals surface area contributed by atoms with E-state index in [9.17, 15) is 18.0 Å². The van der Waals surface area contributed by atoms with Gasteiger partial charge in [0.15, 0.2) is 0 Å². The molecule has 0 aliphatic rings. The second-order valence-electron chi connectivity index (χ2n) is 3.78. The predicted molar refractivity (Wildman–Crippen MR) is 65.7 cm³/mol. The molecule has 2 aromatic rings. The topological polar surface area (TPSA) is 77.2 Å². The molecule has 1 heterocycles. The molecular weight excluding hydrogens is 315 g/mol. The standard InChI is InChI=1S/C11H7ClF3N3O3/c1-5(19)16-10-18-17-9(20-10)7-4-6(2-3-8(7)12)21-11(13,14)15/h2-4H,1H3,(H,16,18,19). The minimum Gasteiger partial charge on any atom is -0.406 e. The summed E-state index contributed by atoms with van der Waals surface area (Å²) in [5.74, 6) is -1.08. The number of hydrogen-bond acceptors (Lipinski definition) is 5. The van der Waals surface area contributed by atoms with Crippen molar-refractivity contribution in [2.75, 3.05) is 5.32 Å². The van der Waals surface area contributed by atoms with Gasteiger partial charge < -0.3 is 9.15 Å². The molecule has 10 heteroatoms. The molecule has 1 aromatic heterocycles. The van der Waals surface area contributed by atoms with E-state index in [4.69, 9.17) is 16.0 Å². The number of carbonyl (C=O) groups excluding carboxylic acids is 1. The maximum atomic E-state index is 12.2. The Morgan fingerprint density at radius 3 is 2.71 bits per heavy atom. The zero-order valence-corrected chi connectivity index (χ0v) is 11.1. The second kappa shape index (κ2) is 5.60. The van der Waals surface area contributed by atoms with Gasteiger partial charge in [0.05, 0.1) is 10.6 Å². The van der Waals surface area contributed by atoms with Gasteiger partial charge in [-0.2, -0.15) is 0 Å². The van der Waals surface area contributed by atoms with Crippen LogP contribution in [-0.2, 0) is 4.79 Å². The monoisotopic (exact) mass is 321 g/mol. The van der Waals surface area contributed by atoms with Gasteiger partial charge in [0.25, 0.3) is 5.89 Å². The number of ether oxygens (including phenoxy) is 1. The molecule has 0 atom stereocenters. The summed E-state index contributed by atoms with van der Waals surface area (Å²) < 4.78 is 45.4. The lowest BCUT2D eigenvalue weighted by atomic mass is 10.2. The molecule has 0 saturated heterocycles. The third kappa shape index (κ3) is 4.09. The highest BCUT2D eigenvalue weighted by molar-refractivity contribution is 6.33. The number of amides is 1. The van der Waals surface area contributed by atoms with Crippen LogP contribution >= 0.6 is 11.6 Å². The molecule has 2 rings (SSSR count). The number of carbonyl (C=O) groups is 1. The Balaban J connectivity index is 2.32. The van der Waals surface area contributed by atoms with E-state index in [0.29, 0.717) is 0 Å². The molecule has 0 radical (unpaired) electrons. The first-order valence-corrected chi connectivity index (χ1v) is 5.79. The van der Waals surface area contributed by atoms with Crippen LogP contribution in [0.4, 0.5) is 19.2 Å². The molecule has 112 valence electrons. The number of alkyl halides is 3. The number of hydrogen-bond donors (Lipinski definition) is 1. The first-order chi connectivity index (χ1) is 9.74. The summed E-state index contributed by atoms with van der Waals surface area (Å²) in [4.78, 5) is 10.8. The fraction of sp³-hybridized carbons (Fsp3) is 0.182. The van der Waals surface area contributed by atoms with Crippen LogP contribution in [0.1, 0.15) is 6.92 Å². The van der Waals surface area contributed by atoms with E-state index in [2.05, 4.69) is 20.3 Å². The van der Waals surface area contributed by atoms with Gasteiger partial charge in [0.1, 0.15) is 5.75 Å². The fourth-order valence-corrected chi connectivity index (χ4v) is 1.60. The highest BCUT2D eigenvalue weighted by Crippen LogP contribution is 2.33. The molecule has 0 bridgehead atoms. The van der Waals surface area contributed by atoms with Gasteiger partial charge in [-0.1, -0.05) is 16.7 Å². The molecule has 0 aliphatic heterocycles. The van der Waals surface area contributed by atoms with E-state index < -0.39 is 18.0 Å². The molecule has 0 fully saturated rings. The Kier molecular flexibility index (Phi) is 4.03. The number of benzene rings is 1. The number of nitrogens with zero attached hydrogens (tertiary/aromatic N) is 2. The summed E-state index contributed by atoms with van der Waals surface area (Å²) in [6, 6.07) is 3.04. The van der Waals surface area contributed by atoms with E-state index >= 15 is 0 Å². The normalized spacial score (nSPS) is 11.3. The van der Waals surface area contributed by atoms with E-state index in [1.54, 1.807) is 0 Å². The molecule has 1 amide bonds. The van der Waals surface area contributed by atoms with Crippen molar-refractivity contribution >= 4 is 23.5 Å². The van der Waals surface area contributed by atoms with Gasteiger partial charge >= 0.3 is 12.4 Å². The van der Waals surface area contributed by atoms with Gasteiger partial charge in [0, 0.05) is 6.92 Å². The van der Waals surface area contributed by atoms with Crippen LogP contribution in [0.3, 0.4) is 0 Å². The van der Waals surface area contributed by atoms with Crippen molar-refractivity contribution in [2.45, 2.75) is 13.3 Å². The van der Waals surface area contributed by atoms with Crippen LogP contribution in [0.5, 0.6) is 5.75 Å². The minimum absolute atomic E-state index is 0.0440. The van der Waals surface area contributed by atoms with Gasteiger partial charge in [0.2, 0.25) is 5.91 Å². The van der Waals surface area contributed by atoms with Crippen molar-refractivity contribution in [3.05, 3.63) is 23.2 Å². The molecule has 1 N–H and O–H groups in total. The second-order valence-corrected chi connectivity index (χ2v) is 4.19. The fourth-order valence-electron chi connectivity index (χ4n) is 1.40. The van der Waals surface area contributed by atoms with Crippen molar-refractivity contribution in [2.24, 2.45) is 0 Å². The molecular formula is C11H7ClF3N3O3. The van der Waals surface area contributed by atoms with Gasteiger partial charge in [-0.25, -0.2) is 0 Å². The molecule has 0 saturated carbocycles. The Bertz CT molecular complexity index is 672. The van der Waals surface area contributed by atoms with Crippen LogP contribution in [0, 0.1) is 0 Å². The highest BCUT2D eigenvalue weighted by Gasteiger charge is 2.31. The maximum absolute atomic E-state index is 12.2. The van der Waals surface area contributed by atoms with Crippen LogP contribution < -0.4 is 10.1 Å². The lowest BCUT2D eigenvalue weighted by Crippen LogP contribution is -2.17. The smallest absolute Gasteiger partial charge is 0.406 e. The molecule has 0 unspecified atom stereocenters. The van der Waals surface area contributed by atoms with E-state index in [-0.39, 0.29) is 22.5 Å². The van der Waals surface area contributed by atoms with Crippen molar-refractivity contribution in [3.63, 3.8) is 0 Å². The summed E-state index contributed by atoms with van der Waals surface area (Å²) >= 11 is 5.87. The number of anilines is 1. The van der Waals surface area contributed by atoms with Crippen LogP contribution in [0.25, 0.3) is 11.5 Å². The highest BCUT2D eigenvalue weighted by atomic mass is 35.5. The van der Waals surface area contributed by atoms with Crippen molar-refractivity contribution in [1.29, 1.82) is 0 Å². The molecule has 0 spiro atoms. The van der Waals surface area contributed by atoms with Gasteiger partial charge in [-0.15, -0.1) is 18.3 Å². The Morgan fingerprint density at radius 1 is 1.38 bits per heavy atom. The summed E-state index contributed by atoms with van der Waals surface area (Å²) in [6.07, 6.45) is -4.83. The Hall–Kier alpha value is -2.29. The maximum Gasteiger partial charge on any atom is 0.573 e.